The van der Waals surface area contributed by atoms with E-state index in [1.54, 1.807) is 0 Å². The van der Waals surface area contributed by atoms with Crippen molar-refractivity contribution < 1.29 is 62.0 Å². The average Bonchev–Trinajstić information content (AvgIpc) is 3.93. The van der Waals surface area contributed by atoms with Crippen molar-refractivity contribution in [3.63, 3.8) is 0 Å². The molecule has 2 fully saturated rings. The summed E-state index contributed by atoms with van der Waals surface area (Å²) in [7, 11) is -9.83. The number of nitrogens with one attached hydrogen (secondary N) is 1. The van der Waals surface area contributed by atoms with Crippen LogP contribution in [0.2, 0.25) is 0 Å². The number of ether oxygens (including phenoxy) is 3. The molecule has 0 aromatic carbocycles. The van der Waals surface area contributed by atoms with Gasteiger partial charge in [-0.05, 0) is 6.92 Å². The van der Waals surface area contributed by atoms with Gasteiger partial charge >= 0.3 is 17.6 Å². The summed E-state index contributed by atoms with van der Waals surface area (Å²) in [6, 6.07) is -1.44. The molecule has 0 radical (unpaired) electrons. The number of carboxylic acids is 1. The Morgan fingerprint density at radius 3 is 2.58 bits per heavy atom. The lowest BCUT2D eigenvalue weighted by Crippen LogP contribution is -2.34. The third kappa shape index (κ3) is 9.54. The number of aliphatic hydroxyl groups excluding tert-OH is 1. The Kier molecular flexibility index (Phi) is 12.2. The van der Waals surface area contributed by atoms with Crippen LogP contribution in [-0.2, 0) is 42.0 Å². The Bertz CT molecular complexity index is 2440. The molecule has 6 rings (SSSR count). The third-order valence-electron chi connectivity index (χ3n) is 8.77. The molecule has 7 N–H and O–H groups in total. The minimum Gasteiger partial charge on any atom is -0.783 e. The molecule has 2 saturated heterocycles. The van der Waals surface area contributed by atoms with Crippen molar-refractivity contribution in [3.8, 4) is 11.8 Å². The second kappa shape index (κ2) is 16.8. The summed E-state index contributed by atoms with van der Waals surface area (Å²) in [4.78, 5) is 92.3. The Balaban J connectivity index is 1.12. The van der Waals surface area contributed by atoms with Crippen LogP contribution in [0, 0.1) is 18.8 Å². The molecule has 57 heavy (non-hydrogen) atoms. The molecule has 0 bridgehead atoms. The van der Waals surface area contributed by atoms with E-state index in [1.165, 1.54) is 36.5 Å². The number of nitrogen functional groups attached to an aromatic ring is 1. The van der Waals surface area contributed by atoms with Gasteiger partial charge in [-0.2, -0.15) is 0 Å². The number of aromatic amines is 1. The maximum atomic E-state index is 13.4. The number of hydrogen-bond donors (Lipinski definition) is 5. The fourth-order valence-electron chi connectivity index (χ4n) is 6.04. The predicted molar refractivity (Wildman–Crippen MR) is 185 cm³/mol. The van der Waals surface area contributed by atoms with Gasteiger partial charge < -0.3 is 59.3 Å². The predicted octanol–water partition coefficient (Wildman–Crippen LogP) is -2.93. The normalized spacial score (nSPS) is 24.6. The van der Waals surface area contributed by atoms with E-state index in [2.05, 4.69) is 31.8 Å². The Hall–Kier alpha value is -5.12. The van der Waals surface area contributed by atoms with Crippen molar-refractivity contribution >= 4 is 44.3 Å². The van der Waals surface area contributed by atoms with Crippen molar-refractivity contribution in [3.05, 3.63) is 63.5 Å². The van der Waals surface area contributed by atoms with Crippen molar-refractivity contribution in [2.45, 2.75) is 69.1 Å². The molecule has 4 aromatic heterocycles. The van der Waals surface area contributed by atoms with E-state index in [0.29, 0.717) is 0 Å². The van der Waals surface area contributed by atoms with E-state index in [9.17, 15) is 43.2 Å². The molecule has 5 unspecified atom stereocenters. The monoisotopic (exact) mass is 836 g/mol. The van der Waals surface area contributed by atoms with Crippen LogP contribution in [0.3, 0.4) is 0 Å². The molecule has 0 aliphatic carbocycles. The number of aliphatic carboxylic acids is 1. The smallest absolute Gasteiger partial charge is 0.330 e. The first-order chi connectivity index (χ1) is 26.9. The van der Waals surface area contributed by atoms with Gasteiger partial charge in [0.25, 0.3) is 13.4 Å². The first-order valence-corrected chi connectivity index (χ1v) is 20.0. The van der Waals surface area contributed by atoms with Gasteiger partial charge in [0, 0.05) is 37.6 Å². The minimum atomic E-state index is -5.31. The van der Waals surface area contributed by atoms with Gasteiger partial charge in [-0.25, -0.2) is 24.7 Å². The van der Waals surface area contributed by atoms with Crippen molar-refractivity contribution in [2.75, 3.05) is 25.1 Å². The number of phosphoric acid groups is 1. The SMILES string of the molecule is Cc1nccn1P(=O)([O-])C[C@H]1O[C@@H](n2cnc3c(N)ncnc32)CC1OP(=O)([O-])OC[C@H]1O[C@@H](n2cc(C#CCOC(=O)C(N)CC(=O)O)c(=O)[nH]c2=O)CC1O. The Labute approximate surface area is 319 Å². The largest absolute Gasteiger partial charge is 0.783 e. The summed E-state index contributed by atoms with van der Waals surface area (Å²) in [5.74, 6) is 2.63. The number of phosphoric ester groups is 1. The second-order valence-electron chi connectivity index (χ2n) is 12.7. The maximum Gasteiger partial charge on any atom is 0.330 e. The first-order valence-electron chi connectivity index (χ1n) is 16.8. The molecule has 0 saturated carbocycles. The number of fused-ring (bicyclic) bond motifs is 1. The highest BCUT2D eigenvalue weighted by Gasteiger charge is 2.43. The molecule has 25 nitrogen and oxygen atoms in total. The molecule has 4 aromatic rings. The quantitative estimate of drug-likeness (QED) is 0.0482. The highest BCUT2D eigenvalue weighted by atomic mass is 31.2. The summed E-state index contributed by atoms with van der Waals surface area (Å²) in [5.41, 5.74) is 9.61. The number of hydrogen-bond acceptors (Lipinski definition) is 20. The van der Waals surface area contributed by atoms with Crippen LogP contribution in [0.5, 0.6) is 0 Å². The van der Waals surface area contributed by atoms with Crippen LogP contribution >= 0.6 is 15.3 Å². The molecular formula is C30H34N10O15P2-2. The van der Waals surface area contributed by atoms with Gasteiger partial charge in [-0.1, -0.05) is 11.8 Å². The number of aryl methyl sites for hydroxylation is 1. The van der Waals surface area contributed by atoms with E-state index in [1.807, 2.05) is 4.98 Å². The van der Waals surface area contributed by atoms with Crippen LogP contribution in [0.25, 0.3) is 11.2 Å². The number of carbonyl (C=O) groups excluding carboxylic acids is 1. The van der Waals surface area contributed by atoms with E-state index in [-0.39, 0.29) is 41.2 Å². The number of anilines is 1. The van der Waals surface area contributed by atoms with E-state index in [0.717, 1.165) is 15.1 Å². The Morgan fingerprint density at radius 1 is 1.12 bits per heavy atom. The first kappa shape index (κ1) is 41.5. The summed E-state index contributed by atoms with van der Waals surface area (Å²) in [6.45, 7) is 0.0905. The second-order valence-corrected chi connectivity index (χ2v) is 16.2. The molecular weight excluding hydrogens is 802 g/mol. The van der Waals surface area contributed by atoms with Gasteiger partial charge in [0.2, 0.25) is 0 Å². The zero-order valence-corrected chi connectivity index (χ0v) is 31.3. The number of rotatable bonds is 14. The van der Waals surface area contributed by atoms with Crippen LogP contribution in [-0.4, -0.2) is 110 Å². The zero-order valence-electron chi connectivity index (χ0n) is 29.6. The summed E-state index contributed by atoms with van der Waals surface area (Å²) in [6.07, 6.45) is -3.64. The van der Waals surface area contributed by atoms with Crippen LogP contribution < -0.4 is 32.5 Å². The van der Waals surface area contributed by atoms with Gasteiger partial charge in [-0.3, -0.25) is 37.4 Å². The number of imidazole rings is 2. The minimum absolute atomic E-state index is 0.0643. The lowest BCUT2D eigenvalue weighted by atomic mass is 10.2. The van der Waals surface area contributed by atoms with Gasteiger partial charge in [-0.15, -0.1) is 0 Å². The number of nitrogens with zero attached hydrogens (tertiary/aromatic N) is 7. The zero-order chi connectivity index (χ0) is 41.2. The van der Waals surface area contributed by atoms with Crippen molar-refractivity contribution in [1.29, 1.82) is 0 Å². The van der Waals surface area contributed by atoms with E-state index >= 15 is 0 Å². The molecule has 6 heterocycles. The van der Waals surface area contributed by atoms with Gasteiger partial charge in [0.05, 0.1) is 37.7 Å². The number of carboxylic acid groups (broad SMARTS) is 1. The number of aliphatic hydroxyl groups is 1. The summed E-state index contributed by atoms with van der Waals surface area (Å²) in [5, 5.41) is 19.4. The topological polar surface area (TPSA) is 369 Å². The van der Waals surface area contributed by atoms with E-state index in [4.69, 9.17) is 39.8 Å². The molecule has 2 aliphatic heterocycles. The standard InChI is InChI=1S/C30H36N10O15P2/c1-15-33-4-5-40(15)56(47,48)12-21-19(9-23(54-21)39-14-36-25-26(32)34-13-35-27(25)39)55-57(49,50)52-11-20-18(41)8-22(53-20)38-10-16(28(44)37-30(38)46)3-2-6-51-29(45)17(31)7-24(42)43/h4-5,10,13-14,17-23,41H,6-9,11-12,31H2,1H3,(H,42,43)(H,47,48)(H,49,50)(H2,32,34,35)(H,37,44,46)/p-2/t17?,18?,19?,20-,21-,22-,23-/m1/s1. The van der Waals surface area contributed by atoms with Gasteiger partial charge in [0.15, 0.2) is 18.1 Å². The molecule has 0 spiro atoms. The number of H-pyrrole nitrogens is 1. The maximum absolute atomic E-state index is 13.4. The number of nitrogens with two attached hydrogens (primary N) is 2. The fourth-order valence-corrected chi connectivity index (χ4v) is 8.69. The molecule has 0 amide bonds. The van der Waals surface area contributed by atoms with Gasteiger partial charge in [0.1, 0.15) is 55.4 Å². The van der Waals surface area contributed by atoms with Crippen molar-refractivity contribution in [2.24, 2.45) is 5.73 Å². The molecule has 2 aliphatic rings. The number of carbonyl (C=O) groups is 2. The molecule has 27 heteroatoms. The van der Waals surface area contributed by atoms with Crippen molar-refractivity contribution in [1.82, 2.24) is 38.4 Å². The highest BCUT2D eigenvalue weighted by molar-refractivity contribution is 7.55. The summed E-state index contributed by atoms with van der Waals surface area (Å²) < 4.78 is 56.8. The van der Waals surface area contributed by atoms with Crippen LogP contribution in [0.1, 0.15) is 43.1 Å². The Morgan fingerprint density at radius 2 is 1.86 bits per heavy atom. The van der Waals surface area contributed by atoms with E-state index < -0.39 is 107 Å². The van der Waals surface area contributed by atoms with Crippen LogP contribution in [0.15, 0.2) is 40.8 Å². The lowest BCUT2D eigenvalue weighted by molar-refractivity contribution is -0.234. The fraction of sp³-hybridized carbons (Fsp3) is 0.467. The lowest BCUT2D eigenvalue weighted by Gasteiger charge is -2.33. The number of aromatic nitrogens is 8. The summed E-state index contributed by atoms with van der Waals surface area (Å²) >= 11 is 0. The van der Waals surface area contributed by atoms with Crippen LogP contribution in [0.4, 0.5) is 5.82 Å². The average molecular weight is 837 g/mol. The molecule has 306 valence electrons. The highest BCUT2D eigenvalue weighted by Crippen LogP contribution is 2.49. The molecule has 9 atom stereocenters. The third-order valence-corrected chi connectivity index (χ3v) is 11.7. The number of esters is 1.